The summed E-state index contributed by atoms with van der Waals surface area (Å²) in [6, 6.07) is 5.37. The standard InChI is InChI=1S/C17H23ClN2O2/c1-11(2)17(12(3)21)19-16(22)10-20-8-4-5-13-9-14(18)6-7-15(13)20/h6-7,9,11,17H,4-5,8,10H2,1-3H3,(H,19,22). The van der Waals surface area contributed by atoms with Crippen LogP contribution in [-0.2, 0) is 16.0 Å². The molecule has 0 fully saturated rings. The van der Waals surface area contributed by atoms with Crippen LogP contribution in [0.3, 0.4) is 0 Å². The Kier molecular flexibility index (Phi) is 5.46. The highest BCUT2D eigenvalue weighted by Crippen LogP contribution is 2.29. The zero-order valence-corrected chi connectivity index (χ0v) is 14.1. The lowest BCUT2D eigenvalue weighted by atomic mass is 10.00. The maximum Gasteiger partial charge on any atom is 0.240 e. The van der Waals surface area contributed by atoms with Crippen molar-refractivity contribution >= 4 is 29.0 Å². The van der Waals surface area contributed by atoms with Crippen LogP contribution in [0.15, 0.2) is 18.2 Å². The number of fused-ring (bicyclic) bond motifs is 1. The molecule has 1 N–H and O–H groups in total. The van der Waals surface area contributed by atoms with Gasteiger partial charge in [-0.3, -0.25) is 9.59 Å². The fourth-order valence-electron chi connectivity index (χ4n) is 2.94. The summed E-state index contributed by atoms with van der Waals surface area (Å²) in [5, 5.41) is 3.57. The van der Waals surface area contributed by atoms with Crippen molar-refractivity contribution in [3.63, 3.8) is 0 Å². The van der Waals surface area contributed by atoms with Gasteiger partial charge < -0.3 is 10.2 Å². The van der Waals surface area contributed by atoms with E-state index in [0.29, 0.717) is 0 Å². The average molecular weight is 323 g/mol. The monoisotopic (exact) mass is 322 g/mol. The van der Waals surface area contributed by atoms with Crippen LogP contribution in [0.4, 0.5) is 5.69 Å². The summed E-state index contributed by atoms with van der Waals surface area (Å²) in [5.74, 6) is -0.0280. The van der Waals surface area contributed by atoms with Gasteiger partial charge in [0.2, 0.25) is 5.91 Å². The molecule has 0 aliphatic carbocycles. The fraction of sp³-hybridized carbons (Fsp3) is 0.529. The summed E-state index contributed by atoms with van der Waals surface area (Å²) in [5.41, 5.74) is 2.24. The van der Waals surface area contributed by atoms with E-state index in [4.69, 9.17) is 11.6 Å². The topological polar surface area (TPSA) is 49.4 Å². The first-order valence-corrected chi connectivity index (χ1v) is 8.09. The first-order valence-electron chi connectivity index (χ1n) is 7.71. The molecule has 0 aromatic heterocycles. The van der Waals surface area contributed by atoms with Gasteiger partial charge in [0.05, 0.1) is 12.6 Å². The predicted octanol–water partition coefficient (Wildman–Crippen LogP) is 2.82. The van der Waals surface area contributed by atoms with Crippen LogP contribution in [0.5, 0.6) is 0 Å². The number of benzene rings is 1. The fourth-order valence-corrected chi connectivity index (χ4v) is 3.13. The van der Waals surface area contributed by atoms with Gasteiger partial charge in [-0.2, -0.15) is 0 Å². The van der Waals surface area contributed by atoms with Gasteiger partial charge >= 0.3 is 0 Å². The molecule has 0 radical (unpaired) electrons. The number of rotatable bonds is 5. The van der Waals surface area contributed by atoms with Crippen LogP contribution in [0, 0.1) is 5.92 Å². The zero-order chi connectivity index (χ0) is 16.3. The van der Waals surface area contributed by atoms with Crippen molar-refractivity contribution in [1.29, 1.82) is 0 Å². The number of carbonyl (C=O) groups is 2. The second-order valence-electron chi connectivity index (χ2n) is 6.20. The Morgan fingerprint density at radius 2 is 2.09 bits per heavy atom. The molecule has 0 bridgehead atoms. The lowest BCUT2D eigenvalue weighted by Crippen LogP contribution is -2.48. The van der Waals surface area contributed by atoms with Crippen molar-refractivity contribution in [1.82, 2.24) is 5.32 Å². The SMILES string of the molecule is CC(=O)C(NC(=O)CN1CCCc2cc(Cl)ccc21)C(C)C. The van der Waals surface area contributed by atoms with E-state index in [0.717, 1.165) is 30.1 Å². The van der Waals surface area contributed by atoms with Crippen LogP contribution in [0.1, 0.15) is 32.8 Å². The molecule has 1 amide bonds. The van der Waals surface area contributed by atoms with Crippen molar-refractivity contribution in [2.45, 2.75) is 39.7 Å². The molecule has 1 heterocycles. The Labute approximate surface area is 136 Å². The number of hydrogen-bond donors (Lipinski definition) is 1. The Morgan fingerprint density at radius 3 is 2.73 bits per heavy atom. The normalized spacial score (nSPS) is 15.4. The summed E-state index contributed by atoms with van der Waals surface area (Å²) in [6.45, 7) is 6.50. The molecule has 4 nitrogen and oxygen atoms in total. The molecule has 2 rings (SSSR count). The van der Waals surface area contributed by atoms with Gasteiger partial charge in [-0.05, 0) is 49.4 Å². The molecule has 5 heteroatoms. The van der Waals surface area contributed by atoms with Crippen LogP contribution < -0.4 is 10.2 Å². The van der Waals surface area contributed by atoms with Crippen LogP contribution >= 0.6 is 11.6 Å². The number of nitrogens with zero attached hydrogens (tertiary/aromatic N) is 1. The lowest BCUT2D eigenvalue weighted by Gasteiger charge is -2.31. The number of halogens is 1. The number of aryl methyl sites for hydroxylation is 1. The van der Waals surface area contributed by atoms with E-state index in [-0.39, 0.29) is 24.2 Å². The molecule has 0 saturated heterocycles. The molecule has 22 heavy (non-hydrogen) atoms. The summed E-state index contributed by atoms with van der Waals surface area (Å²) >= 11 is 6.03. The summed E-state index contributed by atoms with van der Waals surface area (Å²) < 4.78 is 0. The van der Waals surface area contributed by atoms with Gasteiger partial charge in [-0.15, -0.1) is 0 Å². The van der Waals surface area contributed by atoms with Gasteiger partial charge in [-0.1, -0.05) is 25.4 Å². The number of hydrogen-bond acceptors (Lipinski definition) is 3. The maximum absolute atomic E-state index is 12.3. The summed E-state index contributed by atoms with van der Waals surface area (Å²) in [6.07, 6.45) is 1.98. The van der Waals surface area contributed by atoms with Crippen LogP contribution in [0.25, 0.3) is 0 Å². The van der Waals surface area contributed by atoms with Crippen molar-refractivity contribution in [2.24, 2.45) is 5.92 Å². The number of Topliss-reactive ketones (excluding diaryl/α,β-unsaturated/α-hetero) is 1. The Morgan fingerprint density at radius 1 is 1.36 bits per heavy atom. The third kappa shape index (κ3) is 4.01. The second kappa shape index (κ2) is 7.14. The molecule has 0 saturated carbocycles. The zero-order valence-electron chi connectivity index (χ0n) is 13.4. The van der Waals surface area contributed by atoms with Crippen molar-refractivity contribution in [3.8, 4) is 0 Å². The summed E-state index contributed by atoms with van der Waals surface area (Å²) in [7, 11) is 0. The van der Waals surface area contributed by atoms with Gasteiger partial charge in [0, 0.05) is 17.3 Å². The molecule has 1 aliphatic rings. The van der Waals surface area contributed by atoms with E-state index >= 15 is 0 Å². The maximum atomic E-state index is 12.3. The minimum absolute atomic E-state index is 0.00539. The number of ketones is 1. The average Bonchev–Trinajstić information content (AvgIpc) is 2.44. The molecule has 120 valence electrons. The van der Waals surface area contributed by atoms with Crippen LogP contribution in [-0.4, -0.2) is 30.8 Å². The Balaban J connectivity index is 2.06. The highest BCUT2D eigenvalue weighted by molar-refractivity contribution is 6.30. The Bertz CT molecular complexity index is 572. The predicted molar refractivity (Wildman–Crippen MR) is 89.4 cm³/mol. The number of anilines is 1. The second-order valence-corrected chi connectivity index (χ2v) is 6.63. The van der Waals surface area contributed by atoms with Gasteiger partial charge in [-0.25, -0.2) is 0 Å². The molecule has 1 aromatic carbocycles. The van der Waals surface area contributed by atoms with E-state index in [9.17, 15) is 9.59 Å². The highest BCUT2D eigenvalue weighted by Gasteiger charge is 2.23. The van der Waals surface area contributed by atoms with Crippen LogP contribution in [0.2, 0.25) is 5.02 Å². The van der Waals surface area contributed by atoms with E-state index in [1.165, 1.54) is 12.5 Å². The minimum atomic E-state index is -0.415. The molecule has 1 atom stereocenters. The molecule has 1 aliphatic heterocycles. The quantitative estimate of drug-likeness (QED) is 0.907. The smallest absolute Gasteiger partial charge is 0.240 e. The van der Waals surface area contributed by atoms with E-state index < -0.39 is 6.04 Å². The molecule has 0 spiro atoms. The van der Waals surface area contributed by atoms with Gasteiger partial charge in [0.25, 0.3) is 0 Å². The molecular weight excluding hydrogens is 300 g/mol. The largest absolute Gasteiger partial charge is 0.362 e. The minimum Gasteiger partial charge on any atom is -0.362 e. The van der Waals surface area contributed by atoms with E-state index in [1.807, 2.05) is 32.0 Å². The highest BCUT2D eigenvalue weighted by atomic mass is 35.5. The molecule has 1 aromatic rings. The first kappa shape index (κ1) is 16.8. The molecule has 1 unspecified atom stereocenters. The number of nitrogens with one attached hydrogen (secondary N) is 1. The molecular formula is C17H23ClN2O2. The van der Waals surface area contributed by atoms with Crippen molar-refractivity contribution in [3.05, 3.63) is 28.8 Å². The van der Waals surface area contributed by atoms with Crippen molar-refractivity contribution < 1.29 is 9.59 Å². The van der Waals surface area contributed by atoms with E-state index in [2.05, 4.69) is 10.2 Å². The third-order valence-electron chi connectivity index (χ3n) is 4.01. The summed E-state index contributed by atoms with van der Waals surface area (Å²) in [4.78, 5) is 25.9. The van der Waals surface area contributed by atoms with Gasteiger partial charge in [0.15, 0.2) is 5.78 Å². The van der Waals surface area contributed by atoms with Gasteiger partial charge in [0.1, 0.15) is 0 Å². The third-order valence-corrected chi connectivity index (χ3v) is 4.25. The number of amides is 1. The Hall–Kier alpha value is -1.55. The lowest BCUT2D eigenvalue weighted by molar-refractivity contribution is -0.127. The first-order chi connectivity index (χ1) is 10.4. The number of carbonyl (C=O) groups excluding carboxylic acids is 2. The van der Waals surface area contributed by atoms with E-state index in [1.54, 1.807) is 0 Å². The van der Waals surface area contributed by atoms with Crippen molar-refractivity contribution in [2.75, 3.05) is 18.0 Å².